The SMILES string of the molecule is C=C[C@@H]1[C@H](O[C@H]2O[C@@H](CO)[C@@H](O)[C@@H](O)[C@H]2O)OC=C(C(=O)OC)[C@H]1C[C@H]1c2cc(O)c(O)cc2CCN1C(C)=O. The Labute approximate surface area is 230 Å². The quantitative estimate of drug-likeness (QED) is 0.142. The summed E-state index contributed by atoms with van der Waals surface area (Å²) in [5, 5.41) is 60.5. The van der Waals surface area contributed by atoms with Gasteiger partial charge in [0.1, 0.15) is 24.4 Å². The molecule has 13 heteroatoms. The fourth-order valence-electron chi connectivity index (χ4n) is 5.63. The number of aliphatic hydroxyl groups excluding tert-OH is 4. The zero-order chi connectivity index (χ0) is 29.3. The van der Waals surface area contributed by atoms with Crippen LogP contribution in [0.25, 0.3) is 0 Å². The van der Waals surface area contributed by atoms with E-state index in [9.17, 15) is 40.2 Å². The predicted octanol–water partition coefficient (Wildman–Crippen LogP) is -0.418. The highest BCUT2D eigenvalue weighted by Gasteiger charge is 2.48. The number of phenols is 2. The molecule has 0 aromatic heterocycles. The standard InChI is InChI=1S/C27H35NO12/c1-4-14-16(8-18-15-9-20(32)19(31)7-13(15)5-6-28(18)12(2)30)17(25(36)37-3)11-38-26(14)40-27-24(35)23(34)22(33)21(10-29)39-27/h4,7,9,11,14,16,18,21-24,26-27,29,31-35H,1,5-6,8,10H2,2-3H3/t14-,16-,18-,21-,22+,23+,24+,26-,27+/m0/s1. The van der Waals surface area contributed by atoms with Gasteiger partial charge in [-0.05, 0) is 36.1 Å². The number of carbonyl (C=O) groups is 2. The van der Waals surface area contributed by atoms with Crippen LogP contribution in [-0.4, -0.2) is 105 Å². The molecule has 1 aromatic carbocycles. The van der Waals surface area contributed by atoms with Gasteiger partial charge in [-0.15, -0.1) is 6.58 Å². The maximum absolute atomic E-state index is 12.8. The van der Waals surface area contributed by atoms with E-state index < -0.39 is 67.4 Å². The summed E-state index contributed by atoms with van der Waals surface area (Å²) in [5.74, 6) is -3.06. The Hall–Kier alpha value is -3.20. The smallest absolute Gasteiger partial charge is 0.337 e. The van der Waals surface area contributed by atoms with Gasteiger partial charge in [0, 0.05) is 25.3 Å². The highest BCUT2D eigenvalue weighted by Crippen LogP contribution is 2.45. The van der Waals surface area contributed by atoms with Gasteiger partial charge in [0.25, 0.3) is 0 Å². The molecule has 0 unspecified atom stereocenters. The molecule has 3 heterocycles. The van der Waals surface area contributed by atoms with E-state index in [0.29, 0.717) is 18.5 Å². The van der Waals surface area contributed by atoms with Gasteiger partial charge in [0.2, 0.25) is 12.2 Å². The summed E-state index contributed by atoms with van der Waals surface area (Å²) < 4.78 is 22.0. The maximum Gasteiger partial charge on any atom is 0.337 e. The van der Waals surface area contributed by atoms with Gasteiger partial charge in [-0.1, -0.05) is 6.08 Å². The van der Waals surface area contributed by atoms with Gasteiger partial charge >= 0.3 is 5.97 Å². The third-order valence-corrected chi connectivity index (χ3v) is 7.79. The van der Waals surface area contributed by atoms with Crippen LogP contribution in [0, 0.1) is 11.8 Å². The molecular formula is C27H35NO12. The van der Waals surface area contributed by atoms with Crippen LogP contribution in [0.1, 0.15) is 30.5 Å². The van der Waals surface area contributed by atoms with E-state index in [4.69, 9.17) is 18.9 Å². The molecular weight excluding hydrogens is 530 g/mol. The van der Waals surface area contributed by atoms with E-state index in [2.05, 4.69) is 6.58 Å². The molecule has 1 fully saturated rings. The number of aliphatic hydroxyl groups is 4. The third-order valence-electron chi connectivity index (χ3n) is 7.79. The van der Waals surface area contributed by atoms with Crippen molar-refractivity contribution in [3.63, 3.8) is 0 Å². The van der Waals surface area contributed by atoms with Crippen LogP contribution in [0.5, 0.6) is 11.5 Å². The van der Waals surface area contributed by atoms with E-state index in [1.54, 1.807) is 4.90 Å². The zero-order valence-corrected chi connectivity index (χ0v) is 22.1. The van der Waals surface area contributed by atoms with E-state index in [1.165, 1.54) is 32.2 Å². The largest absolute Gasteiger partial charge is 0.504 e. The topological polar surface area (TPSA) is 196 Å². The molecule has 13 nitrogen and oxygen atoms in total. The van der Waals surface area contributed by atoms with Gasteiger partial charge in [-0.2, -0.15) is 0 Å². The monoisotopic (exact) mass is 565 g/mol. The lowest BCUT2D eigenvalue weighted by Crippen LogP contribution is -2.60. The molecule has 1 saturated heterocycles. The van der Waals surface area contributed by atoms with Crippen molar-refractivity contribution in [2.24, 2.45) is 11.8 Å². The number of carbonyl (C=O) groups excluding carboxylic acids is 2. The molecule has 1 amide bonds. The molecule has 1 aromatic rings. The highest BCUT2D eigenvalue weighted by atomic mass is 16.8. The van der Waals surface area contributed by atoms with Crippen LogP contribution in [0.4, 0.5) is 0 Å². The number of esters is 1. The first-order valence-electron chi connectivity index (χ1n) is 12.9. The summed E-state index contributed by atoms with van der Waals surface area (Å²) in [5.41, 5.74) is 1.46. The Morgan fingerprint density at radius 3 is 2.45 bits per heavy atom. The number of fused-ring (bicyclic) bond motifs is 1. The Bertz CT molecular complexity index is 1150. The fourth-order valence-corrected chi connectivity index (χ4v) is 5.63. The Kier molecular flexibility index (Phi) is 9.02. The normalized spacial score (nSPS) is 33.8. The lowest BCUT2D eigenvalue weighted by Gasteiger charge is -2.44. The molecule has 9 atom stereocenters. The minimum Gasteiger partial charge on any atom is -0.504 e. The molecule has 40 heavy (non-hydrogen) atoms. The van der Waals surface area contributed by atoms with Crippen LogP contribution in [0.15, 0.2) is 36.6 Å². The van der Waals surface area contributed by atoms with Gasteiger partial charge in [-0.25, -0.2) is 4.79 Å². The average Bonchev–Trinajstić information content (AvgIpc) is 2.93. The van der Waals surface area contributed by atoms with Crippen molar-refractivity contribution in [3.8, 4) is 11.5 Å². The van der Waals surface area contributed by atoms with E-state index in [-0.39, 0.29) is 29.4 Å². The van der Waals surface area contributed by atoms with Gasteiger partial charge in [0.05, 0.1) is 31.6 Å². The first-order chi connectivity index (χ1) is 19.0. The van der Waals surface area contributed by atoms with Crippen LogP contribution in [-0.2, 0) is 35.0 Å². The lowest BCUT2D eigenvalue weighted by atomic mass is 9.76. The van der Waals surface area contributed by atoms with Gasteiger partial charge < -0.3 is 54.5 Å². The Morgan fingerprint density at radius 1 is 1.12 bits per heavy atom. The molecule has 220 valence electrons. The van der Waals surface area contributed by atoms with Crippen molar-refractivity contribution >= 4 is 11.9 Å². The second-order valence-corrected chi connectivity index (χ2v) is 10.1. The van der Waals surface area contributed by atoms with Crippen molar-refractivity contribution < 1.29 is 59.2 Å². The van der Waals surface area contributed by atoms with Crippen molar-refractivity contribution in [2.75, 3.05) is 20.3 Å². The van der Waals surface area contributed by atoms with E-state index in [0.717, 1.165) is 11.8 Å². The predicted molar refractivity (Wildman–Crippen MR) is 135 cm³/mol. The number of benzene rings is 1. The molecule has 0 radical (unpaired) electrons. The Balaban J connectivity index is 1.69. The molecule has 3 aliphatic heterocycles. The minimum absolute atomic E-state index is 0.125. The number of amides is 1. The maximum atomic E-state index is 12.8. The summed E-state index contributed by atoms with van der Waals surface area (Å²) in [6, 6.07) is 2.22. The fraction of sp³-hybridized carbons (Fsp3) is 0.556. The van der Waals surface area contributed by atoms with Crippen LogP contribution in [0.3, 0.4) is 0 Å². The first-order valence-corrected chi connectivity index (χ1v) is 12.9. The average molecular weight is 566 g/mol. The van der Waals surface area contributed by atoms with Crippen LogP contribution in [0.2, 0.25) is 0 Å². The number of phenolic OH excluding ortho intramolecular Hbond substituents is 2. The Morgan fingerprint density at radius 2 is 1.82 bits per heavy atom. The van der Waals surface area contributed by atoms with Crippen molar-refractivity contribution in [2.45, 2.75) is 62.8 Å². The molecule has 6 N–H and O–H groups in total. The van der Waals surface area contributed by atoms with Crippen molar-refractivity contribution in [1.29, 1.82) is 0 Å². The molecule has 4 rings (SSSR count). The van der Waals surface area contributed by atoms with Crippen LogP contribution >= 0.6 is 0 Å². The summed E-state index contributed by atoms with van der Waals surface area (Å²) in [6.45, 7) is 4.96. The van der Waals surface area contributed by atoms with Crippen molar-refractivity contribution in [1.82, 2.24) is 4.90 Å². The number of rotatable bonds is 7. The number of nitrogens with zero attached hydrogens (tertiary/aromatic N) is 1. The second kappa shape index (κ2) is 12.1. The summed E-state index contributed by atoms with van der Waals surface area (Å²) in [6.07, 6.45) is -5.67. The molecule has 0 bridgehead atoms. The molecule has 0 spiro atoms. The third kappa shape index (κ3) is 5.53. The number of hydrogen-bond donors (Lipinski definition) is 6. The summed E-state index contributed by atoms with van der Waals surface area (Å²) >= 11 is 0. The summed E-state index contributed by atoms with van der Waals surface area (Å²) in [4.78, 5) is 27.0. The zero-order valence-electron chi connectivity index (χ0n) is 22.1. The van der Waals surface area contributed by atoms with E-state index >= 15 is 0 Å². The van der Waals surface area contributed by atoms with Crippen molar-refractivity contribution in [3.05, 3.63) is 47.7 Å². The molecule has 0 aliphatic carbocycles. The summed E-state index contributed by atoms with van der Waals surface area (Å²) in [7, 11) is 1.21. The second-order valence-electron chi connectivity index (χ2n) is 10.1. The number of methoxy groups -OCH3 is 1. The molecule has 3 aliphatic rings. The number of hydrogen-bond acceptors (Lipinski definition) is 12. The minimum atomic E-state index is -1.69. The molecule has 0 saturated carbocycles. The number of aromatic hydroxyl groups is 2. The first kappa shape index (κ1) is 29.8. The highest BCUT2D eigenvalue weighted by molar-refractivity contribution is 5.89. The lowest BCUT2D eigenvalue weighted by molar-refractivity contribution is -0.339. The van der Waals surface area contributed by atoms with E-state index in [1.807, 2.05) is 0 Å². The number of ether oxygens (including phenoxy) is 4. The van der Waals surface area contributed by atoms with Gasteiger partial charge in [-0.3, -0.25) is 4.79 Å². The van der Waals surface area contributed by atoms with Crippen LogP contribution < -0.4 is 0 Å². The van der Waals surface area contributed by atoms with Gasteiger partial charge in [0.15, 0.2) is 17.8 Å².